The molecule has 1 atom stereocenters. The molecular weight excluding hydrogens is 152 g/mol. The molecule has 0 bridgehead atoms. The van der Waals surface area contributed by atoms with E-state index in [2.05, 4.69) is 18.7 Å². The van der Waals surface area contributed by atoms with Gasteiger partial charge in [0.25, 0.3) is 0 Å². The van der Waals surface area contributed by atoms with Gasteiger partial charge in [0, 0.05) is 13.1 Å². The normalized spacial score (nSPS) is 14.2. The lowest BCUT2D eigenvalue weighted by Crippen LogP contribution is -2.34. The van der Waals surface area contributed by atoms with E-state index in [0.29, 0.717) is 13.1 Å². The highest BCUT2D eigenvalue weighted by molar-refractivity contribution is 4.62. The Morgan fingerprint density at radius 3 is 2.42 bits per heavy atom. The molecule has 0 aromatic rings. The summed E-state index contributed by atoms with van der Waals surface area (Å²) in [6.45, 7) is 6.48. The van der Waals surface area contributed by atoms with Crippen LogP contribution < -0.4 is 5.73 Å². The van der Waals surface area contributed by atoms with E-state index in [1.165, 1.54) is 6.42 Å². The first kappa shape index (κ1) is 11.9. The molecule has 0 amide bonds. The lowest BCUT2D eigenvalue weighted by Gasteiger charge is -2.20. The maximum absolute atomic E-state index is 9.23. The van der Waals surface area contributed by atoms with Crippen molar-refractivity contribution in [3.63, 3.8) is 0 Å². The van der Waals surface area contributed by atoms with Crippen LogP contribution in [-0.4, -0.2) is 42.8 Å². The van der Waals surface area contributed by atoms with Crippen LogP contribution in [0.3, 0.4) is 0 Å². The number of aliphatic hydroxyl groups excluding tert-OH is 1. The zero-order valence-electron chi connectivity index (χ0n) is 8.45. The smallest absolute Gasteiger partial charge is 0.0788 e. The summed E-state index contributed by atoms with van der Waals surface area (Å²) in [5, 5.41) is 9.23. The third kappa shape index (κ3) is 6.58. The van der Waals surface area contributed by atoms with Crippen molar-refractivity contribution in [2.45, 2.75) is 26.4 Å². The van der Waals surface area contributed by atoms with Crippen LogP contribution in [-0.2, 0) is 0 Å². The Bertz CT molecular complexity index is 107. The van der Waals surface area contributed by atoms with Crippen LogP contribution in [0.5, 0.6) is 0 Å². The molecule has 0 heterocycles. The van der Waals surface area contributed by atoms with Gasteiger partial charge in [0.15, 0.2) is 0 Å². The Kier molecular flexibility index (Phi) is 6.34. The van der Waals surface area contributed by atoms with Crippen molar-refractivity contribution in [1.29, 1.82) is 0 Å². The summed E-state index contributed by atoms with van der Waals surface area (Å²) in [6, 6.07) is 0. The fourth-order valence-electron chi connectivity index (χ4n) is 1.00. The molecule has 0 aromatic carbocycles. The average molecular weight is 174 g/mol. The summed E-state index contributed by atoms with van der Waals surface area (Å²) >= 11 is 0. The largest absolute Gasteiger partial charge is 0.390 e. The molecule has 0 fully saturated rings. The quantitative estimate of drug-likeness (QED) is 0.608. The Hall–Kier alpha value is -0.120. The fourth-order valence-corrected chi connectivity index (χ4v) is 1.00. The molecule has 0 rings (SSSR count). The molecule has 0 aromatic heterocycles. The minimum absolute atomic E-state index is 0.353. The summed E-state index contributed by atoms with van der Waals surface area (Å²) in [6.07, 6.45) is 0.801. The maximum atomic E-state index is 9.23. The second-order valence-corrected chi connectivity index (χ2v) is 3.83. The lowest BCUT2D eigenvalue weighted by molar-refractivity contribution is 0.130. The van der Waals surface area contributed by atoms with Crippen LogP contribution in [0.2, 0.25) is 0 Å². The number of hydrogen-bond donors (Lipinski definition) is 2. The zero-order valence-corrected chi connectivity index (χ0v) is 8.45. The first-order chi connectivity index (χ1) is 5.56. The van der Waals surface area contributed by atoms with Gasteiger partial charge in [-0.25, -0.2) is 0 Å². The van der Waals surface area contributed by atoms with Crippen LogP contribution >= 0.6 is 0 Å². The van der Waals surface area contributed by atoms with Gasteiger partial charge >= 0.3 is 0 Å². The Morgan fingerprint density at radius 1 is 1.42 bits per heavy atom. The van der Waals surface area contributed by atoms with Crippen molar-refractivity contribution >= 4 is 0 Å². The van der Waals surface area contributed by atoms with Gasteiger partial charge < -0.3 is 15.7 Å². The van der Waals surface area contributed by atoms with Gasteiger partial charge in [-0.2, -0.15) is 0 Å². The van der Waals surface area contributed by atoms with Crippen LogP contribution in [0, 0.1) is 5.92 Å². The van der Waals surface area contributed by atoms with E-state index < -0.39 is 0 Å². The van der Waals surface area contributed by atoms with Crippen LogP contribution in [0.1, 0.15) is 20.3 Å². The Balaban J connectivity index is 3.39. The third-order valence-electron chi connectivity index (χ3n) is 1.88. The van der Waals surface area contributed by atoms with Crippen molar-refractivity contribution in [2.75, 3.05) is 26.7 Å². The lowest BCUT2D eigenvalue weighted by atomic mass is 10.1. The minimum atomic E-state index is -0.373. The minimum Gasteiger partial charge on any atom is -0.390 e. The van der Waals surface area contributed by atoms with E-state index in [4.69, 9.17) is 5.73 Å². The van der Waals surface area contributed by atoms with Crippen molar-refractivity contribution in [3.8, 4) is 0 Å². The summed E-state index contributed by atoms with van der Waals surface area (Å²) in [7, 11) is 2.02. The van der Waals surface area contributed by atoms with Gasteiger partial charge in [-0.05, 0) is 25.9 Å². The highest BCUT2D eigenvalue weighted by Gasteiger charge is 2.05. The van der Waals surface area contributed by atoms with Crippen molar-refractivity contribution in [2.24, 2.45) is 11.7 Å². The van der Waals surface area contributed by atoms with Gasteiger partial charge in [0.05, 0.1) is 6.10 Å². The number of hydrogen-bond acceptors (Lipinski definition) is 3. The van der Waals surface area contributed by atoms with E-state index in [1.807, 2.05) is 7.05 Å². The molecule has 0 aliphatic carbocycles. The molecule has 74 valence electrons. The van der Waals surface area contributed by atoms with Gasteiger partial charge in [-0.15, -0.1) is 0 Å². The number of rotatable bonds is 6. The summed E-state index contributed by atoms with van der Waals surface area (Å²) in [5.41, 5.74) is 5.30. The average Bonchev–Trinajstić information content (AvgIpc) is 2.00. The van der Waals surface area contributed by atoms with Crippen LogP contribution in [0.4, 0.5) is 0 Å². The standard InChI is InChI=1S/C9H22N2O/c1-8(2)4-5-11(3)7-9(12)6-10/h8-9,12H,4-7,10H2,1-3H3. The van der Waals surface area contributed by atoms with Gasteiger partial charge in [-0.1, -0.05) is 13.8 Å². The molecular formula is C9H22N2O. The Labute approximate surface area is 75.6 Å². The first-order valence-corrected chi connectivity index (χ1v) is 4.63. The molecule has 0 aliphatic rings. The molecule has 3 N–H and O–H groups in total. The van der Waals surface area contributed by atoms with Crippen molar-refractivity contribution < 1.29 is 5.11 Å². The van der Waals surface area contributed by atoms with Gasteiger partial charge in [-0.3, -0.25) is 0 Å². The predicted molar refractivity (Wildman–Crippen MR) is 52.0 cm³/mol. The third-order valence-corrected chi connectivity index (χ3v) is 1.88. The van der Waals surface area contributed by atoms with Crippen LogP contribution in [0.25, 0.3) is 0 Å². The molecule has 3 nitrogen and oxygen atoms in total. The van der Waals surface area contributed by atoms with E-state index in [-0.39, 0.29) is 6.10 Å². The molecule has 0 spiro atoms. The monoisotopic (exact) mass is 174 g/mol. The second kappa shape index (κ2) is 6.40. The highest BCUT2D eigenvalue weighted by Crippen LogP contribution is 2.00. The summed E-state index contributed by atoms with van der Waals surface area (Å²) in [4.78, 5) is 2.12. The zero-order chi connectivity index (χ0) is 9.56. The number of aliphatic hydroxyl groups is 1. The highest BCUT2D eigenvalue weighted by atomic mass is 16.3. The fraction of sp³-hybridized carbons (Fsp3) is 1.00. The van der Waals surface area contributed by atoms with E-state index in [1.54, 1.807) is 0 Å². The molecule has 0 aliphatic heterocycles. The van der Waals surface area contributed by atoms with E-state index >= 15 is 0 Å². The molecule has 12 heavy (non-hydrogen) atoms. The Morgan fingerprint density at radius 2 is 2.00 bits per heavy atom. The van der Waals surface area contributed by atoms with E-state index in [0.717, 1.165) is 12.5 Å². The molecule has 1 unspecified atom stereocenters. The number of nitrogens with two attached hydrogens (primary N) is 1. The topological polar surface area (TPSA) is 49.5 Å². The van der Waals surface area contributed by atoms with Gasteiger partial charge in [0.1, 0.15) is 0 Å². The van der Waals surface area contributed by atoms with Crippen molar-refractivity contribution in [3.05, 3.63) is 0 Å². The number of likely N-dealkylation sites (N-methyl/N-ethyl adjacent to an activating group) is 1. The predicted octanol–water partition coefficient (Wildman–Crippen LogP) is 0.284. The SMILES string of the molecule is CC(C)CCN(C)CC(O)CN. The maximum Gasteiger partial charge on any atom is 0.0788 e. The molecule has 0 saturated carbocycles. The molecule has 3 heteroatoms. The van der Waals surface area contributed by atoms with E-state index in [9.17, 15) is 5.11 Å². The van der Waals surface area contributed by atoms with Gasteiger partial charge in [0.2, 0.25) is 0 Å². The second-order valence-electron chi connectivity index (χ2n) is 3.83. The molecule has 0 radical (unpaired) electrons. The summed E-state index contributed by atoms with van der Waals surface area (Å²) < 4.78 is 0. The van der Waals surface area contributed by atoms with Crippen LogP contribution in [0.15, 0.2) is 0 Å². The first-order valence-electron chi connectivity index (χ1n) is 4.63. The molecule has 0 saturated heterocycles. The summed E-state index contributed by atoms with van der Waals surface area (Å²) in [5.74, 6) is 0.725. The van der Waals surface area contributed by atoms with Crippen molar-refractivity contribution in [1.82, 2.24) is 4.90 Å². The number of nitrogens with zero attached hydrogens (tertiary/aromatic N) is 1.